The molecular weight excluding hydrogens is 1340 g/mol. The molecule has 3 aromatic rings. The van der Waals surface area contributed by atoms with Crippen molar-refractivity contribution in [3.8, 4) is 5.75 Å². The first kappa shape index (κ1) is 82.7. The van der Waals surface area contributed by atoms with E-state index in [0.29, 0.717) is 22.0 Å². The van der Waals surface area contributed by atoms with Crippen molar-refractivity contribution in [1.82, 2.24) is 63.1 Å². The Balaban J connectivity index is 1.64. The third-order valence-electron chi connectivity index (χ3n) is 16.4. The van der Waals surface area contributed by atoms with Crippen molar-refractivity contribution >= 4 is 125 Å². The lowest BCUT2D eigenvalue weighted by Crippen LogP contribution is -2.61. The van der Waals surface area contributed by atoms with Gasteiger partial charge in [0, 0.05) is 61.0 Å². The zero-order valence-corrected chi connectivity index (χ0v) is 58.3. The van der Waals surface area contributed by atoms with Gasteiger partial charge in [-0.1, -0.05) is 64.4 Å². The van der Waals surface area contributed by atoms with Crippen LogP contribution in [0.15, 0.2) is 59.7 Å². The number of carboxylic acid groups (broad SMARTS) is 2. The molecule has 100 heavy (non-hydrogen) atoms. The number of aromatic amines is 1. The number of aromatic nitrogens is 1. The topological polar surface area (TPSA) is 555 Å². The number of phenols is 1. The molecule has 0 saturated carbocycles. The molecule has 34 nitrogen and oxygen atoms in total. The van der Waals surface area contributed by atoms with Gasteiger partial charge in [0.2, 0.25) is 70.9 Å². The first-order valence-corrected chi connectivity index (χ1v) is 33.9. The van der Waals surface area contributed by atoms with Crippen molar-refractivity contribution in [3.05, 3.63) is 65.9 Å². The zero-order chi connectivity index (χ0) is 74.7. The van der Waals surface area contributed by atoms with Crippen LogP contribution in [0.2, 0.25) is 0 Å². The minimum atomic E-state index is -1.71. The number of thiol groups is 2. The Labute approximate surface area is 588 Å². The zero-order valence-electron chi connectivity index (χ0n) is 56.5. The fourth-order valence-electron chi connectivity index (χ4n) is 10.6. The van der Waals surface area contributed by atoms with Gasteiger partial charge in [0.15, 0.2) is 5.96 Å². The highest BCUT2D eigenvalue weighted by Gasteiger charge is 2.41. The molecule has 2 heterocycles. The third kappa shape index (κ3) is 26.2. The average molecular weight is 1440 g/mol. The normalized spacial score (nSPS) is 16.3. The van der Waals surface area contributed by atoms with Gasteiger partial charge in [-0.15, -0.1) is 0 Å². The number of amides is 12. The largest absolute Gasteiger partial charge is 0.508 e. The van der Waals surface area contributed by atoms with Crippen molar-refractivity contribution in [3.63, 3.8) is 0 Å². The smallest absolute Gasteiger partial charge is 0.327 e. The summed E-state index contributed by atoms with van der Waals surface area (Å²) in [6, 6.07) is -4.39. The highest BCUT2D eigenvalue weighted by molar-refractivity contribution is 7.80. The molecule has 2 aromatic carbocycles. The molecule has 0 unspecified atom stereocenters. The maximum absolute atomic E-state index is 15.1. The first-order chi connectivity index (χ1) is 47.2. The van der Waals surface area contributed by atoms with Gasteiger partial charge < -0.3 is 101 Å². The number of aliphatic imine (C=N–C) groups is 1. The van der Waals surface area contributed by atoms with Gasteiger partial charge in [0.25, 0.3) is 0 Å². The molecule has 0 spiro atoms. The van der Waals surface area contributed by atoms with E-state index < -0.39 is 174 Å². The van der Waals surface area contributed by atoms with Crippen molar-refractivity contribution in [2.24, 2.45) is 39.8 Å². The van der Waals surface area contributed by atoms with Gasteiger partial charge in [0.05, 0.1) is 12.5 Å². The molecule has 1 aromatic heterocycles. The van der Waals surface area contributed by atoms with Gasteiger partial charge in [-0.3, -0.25) is 67.3 Å². The molecule has 12 amide bonds. The summed E-state index contributed by atoms with van der Waals surface area (Å²) in [6.07, 6.45) is -0.0159. The molecule has 0 aliphatic carbocycles. The Morgan fingerprint density at radius 1 is 0.620 bits per heavy atom. The Morgan fingerprint density at radius 3 is 1.76 bits per heavy atom. The van der Waals surface area contributed by atoms with E-state index in [4.69, 9.17) is 22.9 Å². The number of nitrogens with zero attached hydrogens (tertiary/aromatic N) is 2. The quantitative estimate of drug-likeness (QED) is 0.0114. The van der Waals surface area contributed by atoms with Crippen LogP contribution in [-0.2, 0) is 80.0 Å². The minimum Gasteiger partial charge on any atom is -0.508 e. The van der Waals surface area contributed by atoms with Gasteiger partial charge in [0.1, 0.15) is 72.2 Å². The number of hydrogen-bond acceptors (Lipinski definition) is 19. The van der Waals surface area contributed by atoms with Crippen LogP contribution in [0.4, 0.5) is 0 Å². The fraction of sp³-hybridized carbons (Fsp3) is 0.547. The maximum atomic E-state index is 15.1. The number of rotatable bonds is 41. The molecule has 550 valence electrons. The van der Waals surface area contributed by atoms with Crippen LogP contribution < -0.4 is 76.1 Å². The Hall–Kier alpha value is -9.71. The maximum Gasteiger partial charge on any atom is 0.327 e. The van der Waals surface area contributed by atoms with Crippen molar-refractivity contribution in [2.75, 3.05) is 24.6 Å². The highest BCUT2D eigenvalue weighted by atomic mass is 32.1. The Morgan fingerprint density at radius 2 is 1.17 bits per heavy atom. The monoisotopic (exact) mass is 1440 g/mol. The summed E-state index contributed by atoms with van der Waals surface area (Å²) in [6.45, 7) is 9.39. The minimum absolute atomic E-state index is 0.0217. The highest BCUT2D eigenvalue weighted by Crippen LogP contribution is 2.23. The summed E-state index contributed by atoms with van der Waals surface area (Å²) in [5.41, 5.74) is 23.8. The summed E-state index contributed by atoms with van der Waals surface area (Å²) in [5.74, 6) is -15.2. The number of likely N-dealkylation sites (tertiary alicyclic amines) is 1. The predicted molar refractivity (Wildman–Crippen MR) is 372 cm³/mol. The van der Waals surface area contributed by atoms with E-state index in [-0.39, 0.29) is 100 Å². The predicted octanol–water partition coefficient (Wildman–Crippen LogP) is -3.31. The molecule has 4 rings (SSSR count). The van der Waals surface area contributed by atoms with Gasteiger partial charge in [-0.2, -0.15) is 25.3 Å². The number of hydrogen-bond donors (Lipinski definition) is 20. The van der Waals surface area contributed by atoms with Gasteiger partial charge in [-0.05, 0) is 93.5 Å². The number of guanidine groups is 1. The second kappa shape index (κ2) is 40.4. The fourth-order valence-corrected chi connectivity index (χ4v) is 11.1. The Bertz CT molecular complexity index is 3430. The molecule has 13 atom stereocenters. The van der Waals surface area contributed by atoms with Crippen molar-refractivity contribution < 1.29 is 82.4 Å². The van der Waals surface area contributed by atoms with Crippen LogP contribution >= 0.6 is 25.3 Å². The number of phenolic OH excluding ortho intramolecular Hbond substituents is 1. The number of H-pyrrole nitrogens is 1. The third-order valence-corrected chi connectivity index (χ3v) is 17.2. The lowest BCUT2D eigenvalue weighted by Gasteiger charge is -2.31. The van der Waals surface area contributed by atoms with E-state index in [2.05, 4.69) is 88.4 Å². The summed E-state index contributed by atoms with van der Waals surface area (Å²) < 4.78 is 0. The van der Waals surface area contributed by atoms with Crippen LogP contribution in [0.5, 0.6) is 5.75 Å². The average Bonchev–Trinajstić information content (AvgIpc) is 1.18. The van der Waals surface area contributed by atoms with E-state index in [1.54, 1.807) is 58.2 Å². The molecule has 1 aliphatic heterocycles. The van der Waals surface area contributed by atoms with E-state index in [9.17, 15) is 72.9 Å². The Kier molecular flexibility index (Phi) is 33.4. The number of benzene rings is 2. The molecule has 0 bridgehead atoms. The SMILES string of the molecule is CC[C@H](C)[C@H](NC(=O)[C@H](CCCN=C(N)N)NC(=O)[C@H](CC(=O)O)NC(=O)[C@@H](N)CS)C(=O)N[C@@H](C)C(=O)N[C@@H](Cc1c[nH]c2ccccc12)C(=O)N[C@@H](Cc1ccc(O)cc1)C(=O)N1CCC[C@H]1C(=O)N[C@@H](CCC(N)=O)C(=O)N[C@@H](C)C(=O)N[C@@H](CC(C)C)C(=O)N[C@@H](CS)C(=O)O. The second-order valence-electron chi connectivity index (χ2n) is 24.9. The number of primary amides is 1. The second-order valence-corrected chi connectivity index (χ2v) is 25.6. The standard InChI is InChI=1S/C64H95N17O17S2/c1-7-32(4)51(80-56(90)41(14-10-22-69-64(67)68)73-59(93)45(27-50(84)85)77-54(88)39(65)29-99)61(95)72-34(6)53(87)76-44(26-36-28-70-40-13-9-8-12-38(36)40)58(92)78-46(25-35-16-18-37(82)19-17-35)62(96)81-23-11-15-48(81)60(94)74-42(20-21-49(66)83)55(89)71-33(5)52(86)75-43(24-31(2)3)57(91)79-47(30-100)63(97)98/h8-9,12-13,16-19,28,31-34,39,41-48,51,70,82,99-100H,7,10-11,14-15,20-27,29-30,65H2,1-6H3,(H2,66,83)(H,71,89)(H,72,95)(H,73,93)(H,74,94)(H,75,86)(H,76,87)(H,77,88)(H,78,92)(H,79,91)(H,80,90)(H,84,85)(H,97,98)(H4,67,68,69)/t32-,33-,34-,39-,41-,42-,43-,44-,45-,46-,47-,48-,51-/m0/s1. The van der Waals surface area contributed by atoms with E-state index in [0.717, 1.165) is 0 Å². The molecule has 36 heteroatoms. The summed E-state index contributed by atoms with van der Waals surface area (Å²) >= 11 is 7.95. The number of carbonyl (C=O) groups excluding carboxylic acids is 12. The van der Waals surface area contributed by atoms with Crippen molar-refractivity contribution in [2.45, 2.75) is 185 Å². The number of carbonyl (C=O) groups is 14. The molecule has 1 aliphatic rings. The van der Waals surface area contributed by atoms with E-state index >= 15 is 9.59 Å². The van der Waals surface area contributed by atoms with Crippen LogP contribution in [0, 0.1) is 11.8 Å². The number of fused-ring (bicyclic) bond motifs is 1. The summed E-state index contributed by atoms with van der Waals surface area (Å²) in [4.78, 5) is 199. The van der Waals surface area contributed by atoms with Crippen LogP contribution in [0.25, 0.3) is 10.9 Å². The van der Waals surface area contributed by atoms with Crippen LogP contribution in [0.1, 0.15) is 110 Å². The molecule has 22 N–H and O–H groups in total. The van der Waals surface area contributed by atoms with Crippen LogP contribution in [0.3, 0.4) is 0 Å². The number of nitrogens with two attached hydrogens (primary N) is 4. The molecular formula is C64H95N17O17S2. The lowest BCUT2D eigenvalue weighted by molar-refractivity contribution is -0.142. The van der Waals surface area contributed by atoms with E-state index in [1.807, 2.05) is 0 Å². The number of nitrogens with one attached hydrogen (secondary N) is 11. The summed E-state index contributed by atoms with van der Waals surface area (Å²) in [5, 5.41) is 55.3. The van der Waals surface area contributed by atoms with Crippen LogP contribution in [-0.4, -0.2) is 211 Å². The molecule has 1 fully saturated rings. The van der Waals surface area contributed by atoms with Crippen molar-refractivity contribution in [1.29, 1.82) is 0 Å². The molecule has 0 radical (unpaired) electrons. The number of aliphatic carboxylic acids is 2. The number of para-hydroxylation sites is 1. The first-order valence-electron chi connectivity index (χ1n) is 32.6. The van der Waals surface area contributed by atoms with E-state index in [1.165, 1.54) is 43.0 Å². The number of carboxylic acids is 2. The lowest BCUT2D eigenvalue weighted by atomic mass is 9.97. The molecule has 1 saturated heterocycles. The van der Waals surface area contributed by atoms with Gasteiger partial charge in [-0.25, -0.2) is 4.79 Å². The van der Waals surface area contributed by atoms with Gasteiger partial charge >= 0.3 is 11.9 Å². The summed E-state index contributed by atoms with van der Waals surface area (Å²) in [7, 11) is 0. The number of aromatic hydroxyl groups is 1.